The maximum Gasteiger partial charge on any atom is 0.208 e. The standard InChI is InChI=1S/C42H46Br4N4O4S/c1-39(2,3)25-13-23(14-26(37(25)51)40(4,5)6)21-47-49-33-17-31(45)35(19-29(33)43)55(53,54)36-20-30(44)34(18-32(36)46)50-48-22-24-15-27(41(7,8)9)38(52)28(16-24)42(10,11)12/h13-22H,1-12H3. The van der Waals surface area contributed by atoms with Gasteiger partial charge in [0.15, 0.2) is 11.6 Å². The lowest BCUT2D eigenvalue weighted by Gasteiger charge is -2.31. The molecule has 0 radical (unpaired) electrons. The summed E-state index contributed by atoms with van der Waals surface area (Å²) in [6.07, 6.45) is 10.6. The molecule has 0 spiro atoms. The Kier molecular flexibility index (Phi) is 13.3. The first kappa shape index (κ1) is 45.0. The van der Waals surface area contributed by atoms with Crippen LogP contribution in [0.15, 0.2) is 143 Å². The van der Waals surface area contributed by atoms with Crippen LogP contribution in [0.4, 0.5) is 11.4 Å². The molecule has 55 heavy (non-hydrogen) atoms. The number of ketones is 2. The van der Waals surface area contributed by atoms with E-state index in [9.17, 15) is 18.0 Å². The van der Waals surface area contributed by atoms with Gasteiger partial charge in [0, 0.05) is 40.2 Å². The van der Waals surface area contributed by atoms with Crippen LogP contribution >= 0.6 is 63.7 Å². The maximum absolute atomic E-state index is 14.0. The van der Waals surface area contributed by atoms with Crippen molar-refractivity contribution in [2.24, 2.45) is 42.1 Å². The molecular weight excluding hydrogens is 976 g/mol. The van der Waals surface area contributed by atoms with Gasteiger partial charge in [-0.15, -0.1) is 10.2 Å². The fourth-order valence-electron chi connectivity index (χ4n) is 5.72. The van der Waals surface area contributed by atoms with E-state index < -0.39 is 9.84 Å². The van der Waals surface area contributed by atoms with Crippen molar-refractivity contribution in [3.8, 4) is 0 Å². The van der Waals surface area contributed by atoms with Gasteiger partial charge in [-0.25, -0.2) is 8.42 Å². The molecule has 13 heteroatoms. The third-order valence-electron chi connectivity index (χ3n) is 8.78. The number of nitrogens with zero attached hydrogens (tertiary/aromatic N) is 4. The van der Waals surface area contributed by atoms with Crippen molar-refractivity contribution >= 4 is 96.5 Å². The van der Waals surface area contributed by atoms with Crippen LogP contribution in [0.3, 0.4) is 0 Å². The van der Waals surface area contributed by atoms with Crippen LogP contribution in [0.1, 0.15) is 83.1 Å². The van der Waals surface area contributed by atoms with Crippen LogP contribution < -0.4 is 0 Å². The molecule has 2 aliphatic rings. The number of benzene rings is 2. The van der Waals surface area contributed by atoms with Gasteiger partial charge < -0.3 is 0 Å². The van der Waals surface area contributed by atoms with E-state index in [-0.39, 0.29) is 43.0 Å². The molecule has 0 unspecified atom stereocenters. The first-order valence-electron chi connectivity index (χ1n) is 17.5. The molecule has 0 amide bonds. The zero-order chi connectivity index (χ0) is 41.6. The van der Waals surface area contributed by atoms with Crippen LogP contribution in [-0.4, -0.2) is 20.0 Å². The Labute approximate surface area is 359 Å². The Morgan fingerprint density at radius 3 is 1.00 bits per heavy atom. The number of rotatable bonds is 6. The molecule has 2 aliphatic carbocycles. The van der Waals surface area contributed by atoms with E-state index in [0.717, 1.165) is 11.1 Å². The molecular formula is C42H46Br4N4O4S. The molecule has 0 bridgehead atoms. The number of carbonyl (C=O) groups is 2. The number of Topliss-reactive ketones (excluding diaryl/α,β-unsaturated/α-hetero) is 2. The third kappa shape index (κ3) is 10.4. The second kappa shape index (κ2) is 16.3. The molecule has 2 aromatic rings. The van der Waals surface area contributed by atoms with E-state index in [2.05, 4.69) is 84.2 Å². The highest BCUT2D eigenvalue weighted by molar-refractivity contribution is 9.11. The molecule has 2 aromatic carbocycles. The summed E-state index contributed by atoms with van der Waals surface area (Å²) in [5.41, 5.74) is 3.63. The molecule has 0 saturated heterocycles. The number of sulfone groups is 1. The van der Waals surface area contributed by atoms with Gasteiger partial charge in [0.25, 0.3) is 0 Å². The van der Waals surface area contributed by atoms with Crippen molar-refractivity contribution in [2.75, 3.05) is 0 Å². The van der Waals surface area contributed by atoms with E-state index in [4.69, 9.17) is 0 Å². The number of halogens is 4. The van der Waals surface area contributed by atoms with Crippen molar-refractivity contribution < 1.29 is 18.0 Å². The van der Waals surface area contributed by atoms with Gasteiger partial charge in [-0.1, -0.05) is 83.1 Å². The molecule has 0 saturated carbocycles. The Morgan fingerprint density at radius 1 is 0.473 bits per heavy atom. The van der Waals surface area contributed by atoms with Crippen LogP contribution in [0.5, 0.6) is 0 Å². The van der Waals surface area contributed by atoms with Gasteiger partial charge in [0.1, 0.15) is 11.4 Å². The summed E-state index contributed by atoms with van der Waals surface area (Å²) in [4.78, 5) is 26.6. The zero-order valence-corrected chi connectivity index (χ0v) is 40.3. The van der Waals surface area contributed by atoms with Gasteiger partial charge in [-0.2, -0.15) is 10.2 Å². The number of carbonyl (C=O) groups excluding carboxylic acids is 2. The second-order valence-corrected chi connectivity index (χ2v) is 22.9. The van der Waals surface area contributed by atoms with Gasteiger partial charge in [-0.05, 0) is 145 Å². The van der Waals surface area contributed by atoms with Gasteiger partial charge >= 0.3 is 0 Å². The fourth-order valence-corrected chi connectivity index (χ4v) is 10.2. The van der Waals surface area contributed by atoms with E-state index >= 15 is 0 Å². The topological polar surface area (TPSA) is 118 Å². The number of hydrogen-bond donors (Lipinski definition) is 0. The Balaban J connectivity index is 1.65. The van der Waals surface area contributed by atoms with Crippen LogP contribution in [0.2, 0.25) is 0 Å². The molecule has 8 nitrogen and oxygen atoms in total. The average Bonchev–Trinajstić information content (AvgIpc) is 3.02. The monoisotopic (exact) mass is 1020 g/mol. The summed E-state index contributed by atoms with van der Waals surface area (Å²) in [5.74, 6) is 0.0592. The number of azo groups is 2. The molecule has 0 N–H and O–H groups in total. The van der Waals surface area contributed by atoms with Crippen LogP contribution in [0.25, 0.3) is 0 Å². The Bertz CT molecular complexity index is 2100. The largest absolute Gasteiger partial charge is 0.289 e. The summed E-state index contributed by atoms with van der Waals surface area (Å²) in [7, 11) is -4.06. The predicted octanol–water partition coefficient (Wildman–Crippen LogP) is 14.6. The van der Waals surface area contributed by atoms with Gasteiger partial charge in [0.2, 0.25) is 9.84 Å². The molecule has 292 valence electrons. The van der Waals surface area contributed by atoms with Crippen molar-refractivity contribution in [1.29, 1.82) is 0 Å². The molecule has 0 aliphatic heterocycles. The lowest BCUT2D eigenvalue weighted by Crippen LogP contribution is -2.27. The van der Waals surface area contributed by atoms with E-state index in [1.54, 1.807) is 24.5 Å². The van der Waals surface area contributed by atoms with Crippen molar-refractivity contribution in [3.05, 3.63) is 112 Å². The smallest absolute Gasteiger partial charge is 0.208 e. The summed E-state index contributed by atoms with van der Waals surface area (Å²) < 4.78 is 29.5. The van der Waals surface area contributed by atoms with Crippen molar-refractivity contribution in [3.63, 3.8) is 0 Å². The Morgan fingerprint density at radius 2 is 0.745 bits per heavy atom. The summed E-state index contributed by atoms with van der Waals surface area (Å²) >= 11 is 13.8. The lowest BCUT2D eigenvalue weighted by molar-refractivity contribution is -0.114. The predicted molar refractivity (Wildman–Crippen MR) is 234 cm³/mol. The SMILES string of the molecule is CC(C)(C)C1=CC(=CN=Nc2cc(Br)c(S(=O)(=O)c3cc(Br)c(N=NC=C4C=C(C(C)(C)C)C(=O)C(C(C)(C)C)=C4)cc3Br)cc2Br)C=C(C(C)(C)C)C1=O. The Hall–Kier alpha value is -2.71. The minimum Gasteiger partial charge on any atom is -0.289 e. The highest BCUT2D eigenvalue weighted by Gasteiger charge is 2.35. The molecule has 0 aromatic heterocycles. The lowest BCUT2D eigenvalue weighted by atomic mass is 9.72. The fraction of sp³-hybridized carbons (Fsp3) is 0.381. The minimum absolute atomic E-state index is 0.0133. The highest BCUT2D eigenvalue weighted by Crippen LogP contribution is 2.43. The number of allylic oxidation sites excluding steroid dienone is 10. The van der Waals surface area contributed by atoms with Gasteiger partial charge in [0.05, 0.1) is 22.2 Å². The third-order valence-corrected chi connectivity index (χ3v) is 13.7. The zero-order valence-electron chi connectivity index (χ0n) is 33.1. The van der Waals surface area contributed by atoms with E-state index in [1.807, 2.05) is 107 Å². The first-order chi connectivity index (χ1) is 25.0. The maximum atomic E-state index is 14.0. The summed E-state index contributed by atoms with van der Waals surface area (Å²) in [5, 5.41) is 17.3. The molecule has 0 fully saturated rings. The van der Waals surface area contributed by atoms with Crippen molar-refractivity contribution in [2.45, 2.75) is 92.9 Å². The van der Waals surface area contributed by atoms with Gasteiger partial charge in [-0.3, -0.25) is 9.59 Å². The molecule has 4 rings (SSSR count). The van der Waals surface area contributed by atoms with Crippen LogP contribution in [0, 0.1) is 21.7 Å². The quantitative estimate of drug-likeness (QED) is 0.268. The second-order valence-electron chi connectivity index (χ2n) is 17.6. The van der Waals surface area contributed by atoms with E-state index in [1.165, 1.54) is 12.1 Å². The molecule has 0 atom stereocenters. The summed E-state index contributed by atoms with van der Waals surface area (Å²) in [6.45, 7) is 24.1. The van der Waals surface area contributed by atoms with E-state index in [0.29, 0.717) is 51.6 Å². The van der Waals surface area contributed by atoms with Crippen LogP contribution in [-0.2, 0) is 19.4 Å². The average molecular weight is 1020 g/mol. The summed E-state index contributed by atoms with van der Waals surface area (Å²) in [6, 6.07) is 6.10. The highest BCUT2D eigenvalue weighted by atomic mass is 79.9. The molecule has 0 heterocycles. The normalized spacial score (nSPS) is 16.4. The number of hydrogen-bond acceptors (Lipinski definition) is 8. The van der Waals surface area contributed by atoms with Crippen molar-refractivity contribution in [1.82, 2.24) is 0 Å². The minimum atomic E-state index is -4.06. The first-order valence-corrected chi connectivity index (χ1v) is 22.1.